The van der Waals surface area contributed by atoms with Gasteiger partial charge in [0.05, 0.1) is 17.9 Å². The highest BCUT2D eigenvalue weighted by Gasteiger charge is 2.52. The number of para-hydroxylation sites is 1. The van der Waals surface area contributed by atoms with Gasteiger partial charge in [-0.3, -0.25) is 14.9 Å². The second-order valence-corrected chi connectivity index (χ2v) is 8.20. The zero-order chi connectivity index (χ0) is 17.7. The Bertz CT molecular complexity index is 795. The van der Waals surface area contributed by atoms with E-state index in [1.807, 2.05) is 12.3 Å². The minimum atomic E-state index is -0.231. The van der Waals surface area contributed by atoms with E-state index in [9.17, 15) is 0 Å². The molecular weight excluding hydrogens is 326 g/mol. The van der Waals surface area contributed by atoms with Crippen molar-refractivity contribution in [3.63, 3.8) is 0 Å². The predicted molar refractivity (Wildman–Crippen MR) is 97.7 cm³/mol. The first-order valence-corrected chi connectivity index (χ1v) is 9.54. The SMILES string of the molecule is CC1(C)Oc2ccccc2[C@@H]2O[C@@H]3CCN(Cc4cnccn4)[C@@H]3C[C@H]21. The van der Waals surface area contributed by atoms with Gasteiger partial charge >= 0.3 is 0 Å². The number of likely N-dealkylation sites (tertiary alicyclic amines) is 1. The molecule has 5 nitrogen and oxygen atoms in total. The van der Waals surface area contributed by atoms with Gasteiger partial charge in [0.1, 0.15) is 11.4 Å². The fourth-order valence-electron chi connectivity index (χ4n) is 4.93. The van der Waals surface area contributed by atoms with Crippen molar-refractivity contribution in [2.24, 2.45) is 5.92 Å². The van der Waals surface area contributed by atoms with Crippen LogP contribution >= 0.6 is 0 Å². The molecule has 4 heterocycles. The summed E-state index contributed by atoms with van der Waals surface area (Å²) in [5.74, 6) is 1.33. The molecule has 0 aliphatic carbocycles. The van der Waals surface area contributed by atoms with Crippen molar-refractivity contribution in [1.82, 2.24) is 14.9 Å². The van der Waals surface area contributed by atoms with E-state index >= 15 is 0 Å². The molecule has 3 aliphatic rings. The lowest BCUT2D eigenvalue weighted by Crippen LogP contribution is -2.53. The van der Waals surface area contributed by atoms with E-state index in [0.717, 1.165) is 37.4 Å². The Labute approximate surface area is 154 Å². The fourth-order valence-corrected chi connectivity index (χ4v) is 4.93. The Morgan fingerprint density at radius 3 is 2.96 bits per heavy atom. The van der Waals surface area contributed by atoms with Gasteiger partial charge in [0, 0.05) is 49.2 Å². The van der Waals surface area contributed by atoms with Crippen LogP contribution in [0.2, 0.25) is 0 Å². The number of rotatable bonds is 2. The number of fused-ring (bicyclic) bond motifs is 4. The summed E-state index contributed by atoms with van der Waals surface area (Å²) in [5, 5.41) is 0. The Morgan fingerprint density at radius 2 is 2.12 bits per heavy atom. The van der Waals surface area contributed by atoms with Crippen LogP contribution in [0.1, 0.15) is 44.1 Å². The normalized spacial score (nSPS) is 32.2. The molecule has 136 valence electrons. The van der Waals surface area contributed by atoms with Crippen LogP contribution in [-0.2, 0) is 11.3 Å². The van der Waals surface area contributed by atoms with E-state index in [-0.39, 0.29) is 17.8 Å². The molecule has 2 fully saturated rings. The molecule has 0 bridgehead atoms. The van der Waals surface area contributed by atoms with Crippen LogP contribution in [0.15, 0.2) is 42.9 Å². The van der Waals surface area contributed by atoms with Crippen molar-refractivity contribution in [2.45, 2.75) is 57.1 Å². The highest BCUT2D eigenvalue weighted by Crippen LogP contribution is 2.52. The summed E-state index contributed by atoms with van der Waals surface area (Å²) < 4.78 is 13.1. The molecule has 0 unspecified atom stereocenters. The zero-order valence-corrected chi connectivity index (χ0v) is 15.3. The average Bonchev–Trinajstić information content (AvgIpc) is 3.03. The third-order valence-corrected chi connectivity index (χ3v) is 6.25. The topological polar surface area (TPSA) is 47.5 Å². The maximum Gasteiger partial charge on any atom is 0.125 e. The minimum absolute atomic E-state index is 0.132. The molecule has 0 N–H and O–H groups in total. The van der Waals surface area contributed by atoms with Gasteiger partial charge in [-0.1, -0.05) is 18.2 Å². The first-order valence-electron chi connectivity index (χ1n) is 9.54. The lowest BCUT2D eigenvalue weighted by Gasteiger charge is -2.50. The fraction of sp³-hybridized carbons (Fsp3) is 0.524. The number of hydrogen-bond donors (Lipinski definition) is 0. The molecule has 3 aliphatic heterocycles. The lowest BCUT2D eigenvalue weighted by atomic mass is 9.74. The Morgan fingerprint density at radius 1 is 1.23 bits per heavy atom. The average molecular weight is 351 g/mol. The van der Waals surface area contributed by atoms with E-state index < -0.39 is 0 Å². The monoisotopic (exact) mass is 351 g/mol. The third-order valence-electron chi connectivity index (χ3n) is 6.25. The van der Waals surface area contributed by atoms with E-state index in [2.05, 4.69) is 46.9 Å². The molecular formula is C21H25N3O2. The summed E-state index contributed by atoms with van der Waals surface area (Å²) >= 11 is 0. The first kappa shape index (κ1) is 16.2. The molecule has 0 amide bonds. The van der Waals surface area contributed by atoms with E-state index in [1.165, 1.54) is 5.56 Å². The zero-order valence-electron chi connectivity index (χ0n) is 15.3. The molecule has 1 aromatic carbocycles. The molecule has 2 saturated heterocycles. The van der Waals surface area contributed by atoms with Gasteiger partial charge in [-0.2, -0.15) is 0 Å². The number of benzene rings is 1. The van der Waals surface area contributed by atoms with Crippen molar-refractivity contribution >= 4 is 0 Å². The van der Waals surface area contributed by atoms with E-state index in [0.29, 0.717) is 12.0 Å². The molecule has 0 saturated carbocycles. The van der Waals surface area contributed by atoms with Gasteiger partial charge in [-0.05, 0) is 32.8 Å². The van der Waals surface area contributed by atoms with Crippen molar-refractivity contribution in [1.29, 1.82) is 0 Å². The molecule has 0 radical (unpaired) electrons. The van der Waals surface area contributed by atoms with Crippen molar-refractivity contribution < 1.29 is 9.47 Å². The van der Waals surface area contributed by atoms with Gasteiger partial charge in [-0.25, -0.2) is 0 Å². The summed E-state index contributed by atoms with van der Waals surface area (Å²) in [6, 6.07) is 8.78. The maximum absolute atomic E-state index is 6.69. The molecule has 4 atom stereocenters. The predicted octanol–water partition coefficient (Wildman–Crippen LogP) is 3.37. The molecule has 5 rings (SSSR count). The number of ether oxygens (including phenoxy) is 2. The summed E-state index contributed by atoms with van der Waals surface area (Å²) in [6.45, 7) is 6.29. The van der Waals surface area contributed by atoms with Gasteiger partial charge in [0.25, 0.3) is 0 Å². The number of nitrogens with zero attached hydrogens (tertiary/aromatic N) is 3. The number of hydrogen-bond acceptors (Lipinski definition) is 5. The van der Waals surface area contributed by atoms with Crippen LogP contribution in [-0.4, -0.2) is 39.2 Å². The Hall–Kier alpha value is -1.98. The minimum Gasteiger partial charge on any atom is -0.487 e. The highest BCUT2D eigenvalue weighted by atomic mass is 16.5. The Balaban J connectivity index is 1.42. The molecule has 2 aromatic rings. The molecule has 26 heavy (non-hydrogen) atoms. The second kappa shape index (κ2) is 6.03. The van der Waals surface area contributed by atoms with Gasteiger partial charge in [0.15, 0.2) is 0 Å². The van der Waals surface area contributed by atoms with Crippen LogP contribution < -0.4 is 4.74 Å². The van der Waals surface area contributed by atoms with Crippen LogP contribution in [0.3, 0.4) is 0 Å². The van der Waals surface area contributed by atoms with Crippen molar-refractivity contribution in [3.05, 3.63) is 54.1 Å². The molecule has 1 aromatic heterocycles. The van der Waals surface area contributed by atoms with Gasteiger partial charge in [0.2, 0.25) is 0 Å². The summed E-state index contributed by atoms with van der Waals surface area (Å²) in [4.78, 5) is 11.2. The molecule has 5 heteroatoms. The summed E-state index contributed by atoms with van der Waals surface area (Å²) in [5.41, 5.74) is 2.01. The van der Waals surface area contributed by atoms with E-state index in [1.54, 1.807) is 12.4 Å². The van der Waals surface area contributed by atoms with E-state index in [4.69, 9.17) is 9.47 Å². The number of aromatic nitrogens is 2. The van der Waals surface area contributed by atoms with Gasteiger partial charge in [-0.15, -0.1) is 0 Å². The second-order valence-electron chi connectivity index (χ2n) is 8.20. The first-order chi connectivity index (χ1) is 12.6. The molecule has 0 spiro atoms. The standard InChI is InChI=1S/C21H25N3O2/c1-21(2)16-11-17-19(7-10-24(17)13-14-12-22-8-9-23-14)25-20(16)15-5-3-4-6-18(15)26-21/h3-6,8-9,12,16-17,19-20H,7,10-11,13H2,1-2H3/t16-,17-,19-,20+/m1/s1. The summed E-state index contributed by atoms with van der Waals surface area (Å²) in [7, 11) is 0. The Kier molecular flexibility index (Phi) is 3.76. The van der Waals surface area contributed by atoms with Crippen LogP contribution in [0.4, 0.5) is 0 Å². The van der Waals surface area contributed by atoms with Gasteiger partial charge < -0.3 is 9.47 Å². The summed E-state index contributed by atoms with van der Waals surface area (Å²) in [6.07, 6.45) is 7.95. The third kappa shape index (κ3) is 2.61. The quantitative estimate of drug-likeness (QED) is 0.830. The maximum atomic E-state index is 6.69. The van der Waals surface area contributed by atoms with Crippen LogP contribution in [0, 0.1) is 5.92 Å². The van der Waals surface area contributed by atoms with Crippen molar-refractivity contribution in [2.75, 3.05) is 6.54 Å². The smallest absolute Gasteiger partial charge is 0.125 e. The lowest BCUT2D eigenvalue weighted by molar-refractivity contribution is -0.162. The van der Waals surface area contributed by atoms with Crippen LogP contribution in [0.25, 0.3) is 0 Å². The van der Waals surface area contributed by atoms with Crippen LogP contribution in [0.5, 0.6) is 5.75 Å². The largest absolute Gasteiger partial charge is 0.487 e. The van der Waals surface area contributed by atoms with Crippen molar-refractivity contribution in [3.8, 4) is 5.75 Å². The highest BCUT2D eigenvalue weighted by molar-refractivity contribution is 5.39.